The predicted molar refractivity (Wildman–Crippen MR) is 65.3 cm³/mol. The summed E-state index contributed by atoms with van der Waals surface area (Å²) in [6.07, 6.45) is 0.789. The standard InChI is InChI=1S/C13H19FN2O/c1-16-6-7-17-13(9-16)12(15)8-10-2-4-11(14)5-3-10/h2-5,12-13H,6-9,15H2,1H3. The Kier molecular flexibility index (Phi) is 4.10. The summed E-state index contributed by atoms with van der Waals surface area (Å²) in [4.78, 5) is 2.22. The molecular formula is C13H19FN2O. The minimum Gasteiger partial charge on any atom is -0.374 e. The number of ether oxygens (including phenoxy) is 1. The third-order valence-corrected chi connectivity index (χ3v) is 3.16. The summed E-state index contributed by atoms with van der Waals surface area (Å²) in [5.41, 5.74) is 7.19. The van der Waals surface area contributed by atoms with E-state index in [2.05, 4.69) is 11.9 Å². The highest BCUT2D eigenvalue weighted by Gasteiger charge is 2.24. The summed E-state index contributed by atoms with van der Waals surface area (Å²) in [5, 5.41) is 0. The van der Waals surface area contributed by atoms with Crippen LogP contribution in [-0.2, 0) is 11.2 Å². The number of nitrogens with zero attached hydrogens (tertiary/aromatic N) is 1. The van der Waals surface area contributed by atoms with Gasteiger partial charge in [0.2, 0.25) is 0 Å². The SMILES string of the molecule is CN1CCOC(C(N)Cc2ccc(F)cc2)C1. The Hall–Kier alpha value is -0.970. The fourth-order valence-corrected chi connectivity index (χ4v) is 2.09. The van der Waals surface area contributed by atoms with Crippen LogP contribution in [0.1, 0.15) is 5.56 Å². The minimum atomic E-state index is -0.212. The molecule has 17 heavy (non-hydrogen) atoms. The molecule has 0 amide bonds. The lowest BCUT2D eigenvalue weighted by Gasteiger charge is -2.33. The van der Waals surface area contributed by atoms with Crippen molar-refractivity contribution in [1.82, 2.24) is 4.90 Å². The Morgan fingerprint density at radius 1 is 1.47 bits per heavy atom. The van der Waals surface area contributed by atoms with Crippen LogP contribution in [0.2, 0.25) is 0 Å². The Labute approximate surface area is 101 Å². The van der Waals surface area contributed by atoms with Gasteiger partial charge >= 0.3 is 0 Å². The van der Waals surface area contributed by atoms with Gasteiger partial charge in [0, 0.05) is 19.1 Å². The van der Waals surface area contributed by atoms with Gasteiger partial charge in [-0.05, 0) is 31.2 Å². The summed E-state index contributed by atoms with van der Waals surface area (Å²) in [7, 11) is 2.07. The molecule has 0 bridgehead atoms. The number of halogens is 1. The van der Waals surface area contributed by atoms with Crippen LogP contribution >= 0.6 is 0 Å². The average molecular weight is 238 g/mol. The first-order valence-electron chi connectivity index (χ1n) is 5.95. The Bertz CT molecular complexity index is 355. The summed E-state index contributed by atoms with van der Waals surface area (Å²) in [5.74, 6) is -0.212. The maximum absolute atomic E-state index is 12.8. The lowest BCUT2D eigenvalue weighted by molar-refractivity contribution is -0.0319. The van der Waals surface area contributed by atoms with Crippen LogP contribution in [0, 0.1) is 5.82 Å². The second kappa shape index (κ2) is 5.58. The summed E-state index contributed by atoms with van der Waals surface area (Å²) >= 11 is 0. The van der Waals surface area contributed by atoms with Gasteiger partial charge in [0.25, 0.3) is 0 Å². The number of hydrogen-bond donors (Lipinski definition) is 1. The molecule has 2 rings (SSSR count). The molecule has 1 aromatic carbocycles. The summed E-state index contributed by atoms with van der Waals surface area (Å²) in [6.45, 7) is 2.56. The van der Waals surface area contributed by atoms with Gasteiger partial charge in [0.15, 0.2) is 0 Å². The highest BCUT2D eigenvalue weighted by molar-refractivity contribution is 5.17. The van der Waals surface area contributed by atoms with Gasteiger partial charge in [-0.3, -0.25) is 0 Å². The Morgan fingerprint density at radius 3 is 2.82 bits per heavy atom. The molecular weight excluding hydrogens is 219 g/mol. The van der Waals surface area contributed by atoms with Crippen molar-refractivity contribution in [2.45, 2.75) is 18.6 Å². The zero-order valence-corrected chi connectivity index (χ0v) is 10.1. The molecule has 2 N–H and O–H groups in total. The van der Waals surface area contributed by atoms with E-state index in [0.717, 1.165) is 31.7 Å². The van der Waals surface area contributed by atoms with Gasteiger partial charge in [-0.1, -0.05) is 12.1 Å². The molecule has 94 valence electrons. The normalized spacial score (nSPS) is 23.6. The largest absolute Gasteiger partial charge is 0.374 e. The number of morpholine rings is 1. The van der Waals surface area contributed by atoms with Gasteiger partial charge in [-0.2, -0.15) is 0 Å². The quantitative estimate of drug-likeness (QED) is 0.854. The number of nitrogens with two attached hydrogens (primary N) is 1. The van der Waals surface area contributed by atoms with Crippen molar-refractivity contribution in [2.75, 3.05) is 26.7 Å². The molecule has 1 aliphatic heterocycles. The first-order chi connectivity index (χ1) is 8.15. The molecule has 0 spiro atoms. The third kappa shape index (κ3) is 3.49. The van der Waals surface area contributed by atoms with Crippen LogP contribution in [0.5, 0.6) is 0 Å². The van der Waals surface area contributed by atoms with Gasteiger partial charge in [0.05, 0.1) is 12.7 Å². The zero-order valence-electron chi connectivity index (χ0n) is 10.1. The van der Waals surface area contributed by atoms with E-state index in [1.54, 1.807) is 12.1 Å². The van der Waals surface area contributed by atoms with E-state index in [1.165, 1.54) is 12.1 Å². The van der Waals surface area contributed by atoms with Crippen molar-refractivity contribution in [3.8, 4) is 0 Å². The van der Waals surface area contributed by atoms with Crippen LogP contribution in [0.15, 0.2) is 24.3 Å². The van der Waals surface area contributed by atoms with Crippen molar-refractivity contribution in [3.05, 3.63) is 35.6 Å². The second-order valence-corrected chi connectivity index (χ2v) is 4.67. The predicted octanol–water partition coefficient (Wildman–Crippen LogP) is 1.03. The molecule has 1 heterocycles. The highest BCUT2D eigenvalue weighted by Crippen LogP contribution is 2.11. The van der Waals surface area contributed by atoms with Crippen LogP contribution in [-0.4, -0.2) is 43.8 Å². The lowest BCUT2D eigenvalue weighted by atomic mass is 10.0. The molecule has 1 aliphatic rings. The highest BCUT2D eigenvalue weighted by atomic mass is 19.1. The number of hydrogen-bond acceptors (Lipinski definition) is 3. The maximum atomic E-state index is 12.8. The zero-order chi connectivity index (χ0) is 12.3. The molecule has 1 fully saturated rings. The Balaban J connectivity index is 1.91. The van der Waals surface area contributed by atoms with E-state index >= 15 is 0 Å². The topological polar surface area (TPSA) is 38.5 Å². The molecule has 4 heteroatoms. The summed E-state index contributed by atoms with van der Waals surface area (Å²) in [6, 6.07) is 6.46. The van der Waals surface area contributed by atoms with Gasteiger partial charge in [-0.15, -0.1) is 0 Å². The van der Waals surface area contributed by atoms with Gasteiger partial charge < -0.3 is 15.4 Å². The van der Waals surface area contributed by atoms with Crippen molar-refractivity contribution < 1.29 is 9.13 Å². The molecule has 2 unspecified atom stereocenters. The van der Waals surface area contributed by atoms with E-state index in [0.29, 0.717) is 0 Å². The molecule has 0 aliphatic carbocycles. The first-order valence-corrected chi connectivity index (χ1v) is 5.95. The monoisotopic (exact) mass is 238 g/mol. The van der Waals surface area contributed by atoms with Crippen LogP contribution in [0.4, 0.5) is 4.39 Å². The van der Waals surface area contributed by atoms with Crippen molar-refractivity contribution in [2.24, 2.45) is 5.73 Å². The van der Waals surface area contributed by atoms with Gasteiger partial charge in [-0.25, -0.2) is 4.39 Å². The summed E-state index contributed by atoms with van der Waals surface area (Å²) < 4.78 is 18.4. The van der Waals surface area contributed by atoms with Crippen molar-refractivity contribution in [1.29, 1.82) is 0 Å². The molecule has 3 nitrogen and oxygen atoms in total. The van der Waals surface area contributed by atoms with E-state index in [4.69, 9.17) is 10.5 Å². The molecule has 0 radical (unpaired) electrons. The van der Waals surface area contributed by atoms with Crippen LogP contribution in [0.25, 0.3) is 0 Å². The fraction of sp³-hybridized carbons (Fsp3) is 0.538. The molecule has 1 aromatic rings. The van der Waals surface area contributed by atoms with E-state index < -0.39 is 0 Å². The van der Waals surface area contributed by atoms with Crippen LogP contribution < -0.4 is 5.73 Å². The second-order valence-electron chi connectivity index (χ2n) is 4.67. The number of rotatable bonds is 3. The molecule has 1 saturated heterocycles. The minimum absolute atomic E-state index is 0.0387. The number of benzene rings is 1. The third-order valence-electron chi connectivity index (χ3n) is 3.16. The van der Waals surface area contributed by atoms with Crippen LogP contribution in [0.3, 0.4) is 0 Å². The van der Waals surface area contributed by atoms with Crippen molar-refractivity contribution >= 4 is 0 Å². The van der Waals surface area contributed by atoms with Gasteiger partial charge in [0.1, 0.15) is 5.82 Å². The molecule has 0 aromatic heterocycles. The lowest BCUT2D eigenvalue weighted by Crippen LogP contribution is -2.50. The number of likely N-dealkylation sites (N-methyl/N-ethyl adjacent to an activating group) is 1. The maximum Gasteiger partial charge on any atom is 0.123 e. The van der Waals surface area contributed by atoms with E-state index in [1.807, 2.05) is 0 Å². The fourth-order valence-electron chi connectivity index (χ4n) is 2.09. The van der Waals surface area contributed by atoms with E-state index in [9.17, 15) is 4.39 Å². The first kappa shape index (κ1) is 12.5. The average Bonchev–Trinajstić information content (AvgIpc) is 2.32. The van der Waals surface area contributed by atoms with E-state index in [-0.39, 0.29) is 18.0 Å². The van der Waals surface area contributed by atoms with Crippen molar-refractivity contribution in [3.63, 3.8) is 0 Å². The smallest absolute Gasteiger partial charge is 0.123 e. The Morgan fingerprint density at radius 2 is 2.18 bits per heavy atom. The molecule has 2 atom stereocenters. The molecule has 0 saturated carbocycles.